The minimum atomic E-state index is -1.64. The second-order valence-corrected chi connectivity index (χ2v) is 19.3. The van der Waals surface area contributed by atoms with Gasteiger partial charge in [-0.25, -0.2) is 0 Å². The molecule has 6 N–H and O–H groups in total. The Morgan fingerprint density at radius 2 is 1.01 bits per heavy atom. The maximum atomic E-state index is 13.3. The monoisotopic (exact) mass is 962 g/mol. The van der Waals surface area contributed by atoms with E-state index in [1.807, 2.05) is 18.2 Å². The Labute approximate surface area is 415 Å². The lowest BCUT2D eigenvalue weighted by Gasteiger charge is -2.41. The summed E-state index contributed by atoms with van der Waals surface area (Å²) in [5, 5.41) is 56.6. The van der Waals surface area contributed by atoms with E-state index in [0.29, 0.717) is 12.8 Å². The molecular formula is C57H103NO10. The van der Waals surface area contributed by atoms with Crippen LogP contribution in [-0.4, -0.2) is 99.6 Å². The van der Waals surface area contributed by atoms with Crippen molar-refractivity contribution in [2.45, 2.75) is 288 Å². The highest BCUT2D eigenvalue weighted by atomic mass is 16.7. The molecule has 8 unspecified atom stereocenters. The van der Waals surface area contributed by atoms with Crippen molar-refractivity contribution in [3.8, 4) is 0 Å². The van der Waals surface area contributed by atoms with Crippen molar-refractivity contribution in [2.75, 3.05) is 13.2 Å². The first-order valence-corrected chi connectivity index (χ1v) is 27.9. The smallest absolute Gasteiger partial charge is 0.306 e. The summed E-state index contributed by atoms with van der Waals surface area (Å²) >= 11 is 0. The average Bonchev–Trinajstić information content (AvgIpc) is 3.33. The van der Waals surface area contributed by atoms with Crippen molar-refractivity contribution in [2.24, 2.45) is 0 Å². The van der Waals surface area contributed by atoms with Crippen molar-refractivity contribution in [3.63, 3.8) is 0 Å². The van der Waals surface area contributed by atoms with Crippen LogP contribution in [0, 0.1) is 0 Å². The highest BCUT2D eigenvalue weighted by Crippen LogP contribution is 2.26. The summed E-state index contributed by atoms with van der Waals surface area (Å²) in [7, 11) is 0. The fourth-order valence-electron chi connectivity index (χ4n) is 8.46. The molecule has 1 aliphatic heterocycles. The van der Waals surface area contributed by atoms with Gasteiger partial charge in [-0.3, -0.25) is 9.59 Å². The number of hydrogen-bond acceptors (Lipinski definition) is 10. The van der Waals surface area contributed by atoms with E-state index < -0.39 is 67.4 Å². The van der Waals surface area contributed by atoms with E-state index in [1.165, 1.54) is 141 Å². The Hall–Kier alpha value is -2.38. The van der Waals surface area contributed by atoms with Crippen LogP contribution in [0.4, 0.5) is 0 Å². The fraction of sp³-hybridized carbons (Fsp3) is 0.825. The van der Waals surface area contributed by atoms with Crippen LogP contribution in [-0.2, 0) is 23.8 Å². The molecule has 0 aromatic carbocycles. The molecule has 0 spiro atoms. The summed E-state index contributed by atoms with van der Waals surface area (Å²) in [6.07, 6.45) is 43.2. The zero-order chi connectivity index (χ0) is 49.7. The molecule has 0 aromatic heterocycles. The second-order valence-electron chi connectivity index (χ2n) is 19.3. The molecule has 0 radical (unpaired) electrons. The third-order valence-corrected chi connectivity index (χ3v) is 13.0. The molecule has 1 saturated heterocycles. The number of nitrogens with one attached hydrogen (secondary N) is 1. The van der Waals surface area contributed by atoms with E-state index in [0.717, 1.165) is 51.4 Å². The molecule has 1 fully saturated rings. The van der Waals surface area contributed by atoms with Crippen LogP contribution in [0.5, 0.6) is 0 Å². The van der Waals surface area contributed by atoms with Crippen LogP contribution < -0.4 is 5.32 Å². The summed E-state index contributed by atoms with van der Waals surface area (Å²) in [6.45, 7) is 5.71. The minimum absolute atomic E-state index is 0.0161. The molecule has 1 amide bonds. The Morgan fingerprint density at radius 1 is 0.574 bits per heavy atom. The molecule has 11 nitrogen and oxygen atoms in total. The quantitative estimate of drug-likeness (QED) is 0.0196. The second kappa shape index (κ2) is 45.7. The molecule has 0 bridgehead atoms. The van der Waals surface area contributed by atoms with Gasteiger partial charge in [-0.2, -0.15) is 0 Å². The first-order chi connectivity index (χ1) is 33.2. The van der Waals surface area contributed by atoms with E-state index in [9.17, 15) is 35.1 Å². The Kier molecular flexibility index (Phi) is 42.8. The SMILES string of the molecule is CCCCCCCC/C=C\C/C=C/CCC(=O)OC1C(OCC(NC(=O)C(O)CCCC/C=C\CCCCCCCCC)C(O)/C=C/CCCCCCCCCCCCC)OC(CO)C(O)C1O. The molecule has 1 heterocycles. The highest BCUT2D eigenvalue weighted by Gasteiger charge is 2.47. The van der Waals surface area contributed by atoms with Gasteiger partial charge < -0.3 is 45.1 Å². The summed E-state index contributed by atoms with van der Waals surface area (Å²) < 4.78 is 17.5. The summed E-state index contributed by atoms with van der Waals surface area (Å²) in [6, 6.07) is -1.04. The van der Waals surface area contributed by atoms with Gasteiger partial charge >= 0.3 is 5.97 Å². The summed E-state index contributed by atoms with van der Waals surface area (Å²) in [4.78, 5) is 26.3. The largest absolute Gasteiger partial charge is 0.454 e. The first kappa shape index (κ1) is 63.6. The van der Waals surface area contributed by atoms with Crippen molar-refractivity contribution in [3.05, 3.63) is 48.6 Å². The number of aliphatic hydroxyl groups excluding tert-OH is 5. The first-order valence-electron chi connectivity index (χ1n) is 27.9. The normalized spacial score (nSPS) is 20.3. The summed E-state index contributed by atoms with van der Waals surface area (Å²) in [5.74, 6) is -1.28. The molecule has 8 atom stereocenters. The van der Waals surface area contributed by atoms with Gasteiger partial charge in [0.1, 0.15) is 24.4 Å². The van der Waals surface area contributed by atoms with Gasteiger partial charge in [-0.15, -0.1) is 0 Å². The number of esters is 1. The molecule has 11 heteroatoms. The zero-order valence-corrected chi connectivity index (χ0v) is 43.5. The van der Waals surface area contributed by atoms with Crippen molar-refractivity contribution in [1.29, 1.82) is 0 Å². The van der Waals surface area contributed by atoms with Gasteiger partial charge in [0.2, 0.25) is 5.91 Å². The molecule has 0 aliphatic carbocycles. The number of amides is 1. The van der Waals surface area contributed by atoms with E-state index in [4.69, 9.17) is 14.2 Å². The number of hydrogen-bond donors (Lipinski definition) is 6. The van der Waals surface area contributed by atoms with E-state index in [-0.39, 0.29) is 19.4 Å². The number of carbonyl (C=O) groups excluding carboxylic acids is 2. The molecule has 68 heavy (non-hydrogen) atoms. The fourth-order valence-corrected chi connectivity index (χ4v) is 8.46. The van der Waals surface area contributed by atoms with Gasteiger partial charge in [-0.05, 0) is 70.6 Å². The number of unbranched alkanes of at least 4 members (excludes halogenated alkanes) is 26. The molecule has 1 rings (SSSR count). The predicted molar refractivity (Wildman–Crippen MR) is 278 cm³/mol. The third kappa shape index (κ3) is 34.0. The molecule has 0 aromatic rings. The van der Waals surface area contributed by atoms with Gasteiger partial charge in [0, 0.05) is 6.42 Å². The van der Waals surface area contributed by atoms with Gasteiger partial charge in [-0.1, -0.05) is 211 Å². The van der Waals surface area contributed by atoms with E-state index in [1.54, 1.807) is 6.08 Å². The van der Waals surface area contributed by atoms with Crippen LogP contribution >= 0.6 is 0 Å². The lowest BCUT2D eigenvalue weighted by Crippen LogP contribution is -2.61. The minimum Gasteiger partial charge on any atom is -0.454 e. The van der Waals surface area contributed by atoms with Gasteiger partial charge in [0.05, 0.1) is 25.4 Å². The standard InChI is InChI=1S/C57H103NO10/c1-4-7-10-13-16-19-22-25-28-31-34-37-40-43-49(60)48(58-56(65)50(61)44-41-38-35-32-29-26-23-20-17-14-11-8-5-2)47-66-57-55(54(64)53(63)51(46-59)67-57)68-52(62)45-42-39-36-33-30-27-24-21-18-15-12-9-6-3/h27,29-30,32,36,39-40,43,48-51,53-55,57,59-61,63-64H,4-26,28,31,33-35,37-38,41-42,44-47H2,1-3H3,(H,58,65)/b30-27-,32-29-,39-36+,43-40+. The third-order valence-electron chi connectivity index (χ3n) is 13.0. The van der Waals surface area contributed by atoms with Gasteiger partial charge in [0.25, 0.3) is 0 Å². The van der Waals surface area contributed by atoms with Crippen LogP contribution in [0.3, 0.4) is 0 Å². The Balaban J connectivity index is 2.81. The predicted octanol–water partition coefficient (Wildman–Crippen LogP) is 12.1. The van der Waals surface area contributed by atoms with E-state index >= 15 is 0 Å². The maximum Gasteiger partial charge on any atom is 0.306 e. The number of carbonyl (C=O) groups is 2. The van der Waals surface area contributed by atoms with Crippen molar-refractivity contribution in [1.82, 2.24) is 5.32 Å². The van der Waals surface area contributed by atoms with Crippen LogP contribution in [0.25, 0.3) is 0 Å². The lowest BCUT2D eigenvalue weighted by molar-refractivity contribution is -0.305. The highest BCUT2D eigenvalue weighted by molar-refractivity contribution is 5.80. The number of allylic oxidation sites excluding steroid dienone is 7. The zero-order valence-electron chi connectivity index (χ0n) is 43.5. The number of aliphatic hydroxyl groups is 5. The van der Waals surface area contributed by atoms with Crippen LogP contribution in [0.15, 0.2) is 48.6 Å². The summed E-state index contributed by atoms with van der Waals surface area (Å²) in [5.41, 5.74) is 0. The van der Waals surface area contributed by atoms with Crippen LogP contribution in [0.2, 0.25) is 0 Å². The Morgan fingerprint density at radius 3 is 1.51 bits per heavy atom. The van der Waals surface area contributed by atoms with Crippen molar-refractivity contribution >= 4 is 11.9 Å². The molecular weight excluding hydrogens is 859 g/mol. The van der Waals surface area contributed by atoms with E-state index in [2.05, 4.69) is 50.4 Å². The molecule has 396 valence electrons. The molecule has 1 aliphatic rings. The van der Waals surface area contributed by atoms with Gasteiger partial charge in [0.15, 0.2) is 12.4 Å². The molecule has 0 saturated carbocycles. The number of rotatable bonds is 46. The topological polar surface area (TPSA) is 175 Å². The van der Waals surface area contributed by atoms with Crippen molar-refractivity contribution < 1.29 is 49.3 Å². The average molecular weight is 962 g/mol. The maximum absolute atomic E-state index is 13.3. The van der Waals surface area contributed by atoms with Crippen LogP contribution in [0.1, 0.15) is 239 Å². The Bertz CT molecular complexity index is 1290. The number of ether oxygens (including phenoxy) is 3. The lowest BCUT2D eigenvalue weighted by atomic mass is 9.99.